The summed E-state index contributed by atoms with van der Waals surface area (Å²) in [5, 5.41) is 9.57. The lowest BCUT2D eigenvalue weighted by Gasteiger charge is -2.41. The highest BCUT2D eigenvalue weighted by Crippen LogP contribution is 2.41. The van der Waals surface area contributed by atoms with Crippen LogP contribution in [0.15, 0.2) is 29.4 Å². The summed E-state index contributed by atoms with van der Waals surface area (Å²) in [5.74, 6) is 0.602. The number of fused-ring (bicyclic) bond motifs is 1. The molecule has 8 nitrogen and oxygen atoms in total. The molecule has 0 bridgehead atoms. The molecule has 0 saturated carbocycles. The van der Waals surface area contributed by atoms with E-state index in [2.05, 4.69) is 25.0 Å². The number of aromatic nitrogens is 2. The molecule has 0 aliphatic carbocycles. The van der Waals surface area contributed by atoms with Crippen molar-refractivity contribution in [2.24, 2.45) is 5.41 Å². The Hall–Kier alpha value is -2.22. The lowest BCUT2D eigenvalue weighted by Crippen LogP contribution is -2.41. The van der Waals surface area contributed by atoms with Crippen LogP contribution in [0.3, 0.4) is 0 Å². The van der Waals surface area contributed by atoms with Gasteiger partial charge in [-0.1, -0.05) is 6.07 Å². The average Bonchev–Trinajstić information content (AvgIpc) is 3.20. The van der Waals surface area contributed by atoms with Gasteiger partial charge in [0, 0.05) is 48.7 Å². The number of anilines is 1. The van der Waals surface area contributed by atoms with E-state index in [4.69, 9.17) is 4.74 Å². The van der Waals surface area contributed by atoms with Crippen LogP contribution in [0.5, 0.6) is 5.75 Å². The summed E-state index contributed by atoms with van der Waals surface area (Å²) in [4.78, 5) is 6.38. The Morgan fingerprint density at radius 3 is 2.86 bits per heavy atom. The molecule has 0 amide bonds. The van der Waals surface area contributed by atoms with Crippen LogP contribution in [0.1, 0.15) is 37.8 Å². The SMILES string of the molecule is CC1(C#N)CCN([C@H]2CCOc3cc(S(=O)(=O)Nc4ncns4)ccc32)CC1. The van der Waals surface area contributed by atoms with Crippen LogP contribution in [-0.4, -0.2) is 42.4 Å². The normalized spacial score (nSPS) is 21.9. The predicted molar refractivity (Wildman–Crippen MR) is 105 cm³/mol. The molecule has 148 valence electrons. The molecule has 3 heterocycles. The summed E-state index contributed by atoms with van der Waals surface area (Å²) in [6.45, 7) is 4.26. The van der Waals surface area contributed by atoms with Crippen molar-refractivity contribution in [3.63, 3.8) is 0 Å². The Kier molecular flexibility index (Phi) is 4.99. The molecule has 2 aromatic rings. The number of hydrogen-bond donors (Lipinski definition) is 1. The van der Waals surface area contributed by atoms with E-state index in [-0.39, 0.29) is 21.5 Å². The molecule has 1 fully saturated rings. The first-order chi connectivity index (χ1) is 13.4. The number of benzene rings is 1. The maximum Gasteiger partial charge on any atom is 0.263 e. The Morgan fingerprint density at radius 1 is 1.39 bits per heavy atom. The van der Waals surface area contributed by atoms with Gasteiger partial charge in [-0.05, 0) is 25.8 Å². The third-order valence-electron chi connectivity index (χ3n) is 5.50. The highest BCUT2D eigenvalue weighted by molar-refractivity contribution is 7.93. The molecule has 1 atom stereocenters. The van der Waals surface area contributed by atoms with Gasteiger partial charge in [0.05, 0.1) is 23.0 Å². The maximum absolute atomic E-state index is 12.6. The van der Waals surface area contributed by atoms with E-state index in [9.17, 15) is 13.7 Å². The Balaban J connectivity index is 1.56. The van der Waals surface area contributed by atoms with E-state index in [1.54, 1.807) is 12.1 Å². The van der Waals surface area contributed by atoms with Gasteiger partial charge in [0.25, 0.3) is 10.0 Å². The Bertz CT molecular complexity index is 993. The van der Waals surface area contributed by atoms with Crippen LogP contribution in [0, 0.1) is 16.7 Å². The van der Waals surface area contributed by atoms with Gasteiger partial charge in [-0.2, -0.15) is 9.64 Å². The maximum atomic E-state index is 12.6. The minimum Gasteiger partial charge on any atom is -0.493 e. The predicted octanol–water partition coefficient (Wildman–Crippen LogP) is 2.79. The summed E-state index contributed by atoms with van der Waals surface area (Å²) >= 11 is 0.982. The molecule has 1 saturated heterocycles. The van der Waals surface area contributed by atoms with Crippen molar-refractivity contribution in [1.82, 2.24) is 14.3 Å². The second kappa shape index (κ2) is 7.31. The highest BCUT2D eigenvalue weighted by Gasteiger charge is 2.35. The van der Waals surface area contributed by atoms with E-state index in [0.717, 1.165) is 49.4 Å². The number of nitrogens with zero attached hydrogens (tertiary/aromatic N) is 4. The Labute approximate surface area is 168 Å². The number of rotatable bonds is 4. The lowest BCUT2D eigenvalue weighted by atomic mass is 9.81. The van der Waals surface area contributed by atoms with Gasteiger partial charge in [-0.15, -0.1) is 0 Å². The summed E-state index contributed by atoms with van der Waals surface area (Å²) in [6, 6.07) is 7.63. The fourth-order valence-corrected chi connectivity index (χ4v) is 5.41. The van der Waals surface area contributed by atoms with Crippen molar-refractivity contribution in [1.29, 1.82) is 5.26 Å². The van der Waals surface area contributed by atoms with Crippen molar-refractivity contribution in [2.75, 3.05) is 24.4 Å². The van der Waals surface area contributed by atoms with Crippen LogP contribution in [0.2, 0.25) is 0 Å². The van der Waals surface area contributed by atoms with Crippen LogP contribution >= 0.6 is 11.5 Å². The van der Waals surface area contributed by atoms with Gasteiger partial charge in [-0.3, -0.25) is 9.62 Å². The molecule has 1 aromatic carbocycles. The summed E-state index contributed by atoms with van der Waals surface area (Å²) in [6.07, 6.45) is 3.84. The summed E-state index contributed by atoms with van der Waals surface area (Å²) < 4.78 is 37.2. The van der Waals surface area contributed by atoms with Crippen molar-refractivity contribution >= 4 is 26.7 Å². The molecule has 10 heteroatoms. The van der Waals surface area contributed by atoms with E-state index in [1.165, 1.54) is 6.33 Å². The van der Waals surface area contributed by atoms with Gasteiger partial charge in [0.2, 0.25) is 5.13 Å². The van der Waals surface area contributed by atoms with E-state index >= 15 is 0 Å². The standard InChI is InChI=1S/C18H21N5O3S2/c1-18(11-19)5-7-23(8-6-18)15-4-9-26-16-10-13(2-3-14(15)16)28(24,25)22-17-20-12-21-27-17/h2-3,10,12,15H,4-9H2,1H3,(H,20,21,22)/t15-/m0/s1. The summed E-state index contributed by atoms with van der Waals surface area (Å²) in [7, 11) is -3.75. The number of likely N-dealkylation sites (tertiary alicyclic amines) is 1. The first kappa shape index (κ1) is 19.1. The third-order valence-corrected chi connectivity index (χ3v) is 7.54. The van der Waals surface area contributed by atoms with Crippen LogP contribution < -0.4 is 9.46 Å². The largest absolute Gasteiger partial charge is 0.493 e. The average molecular weight is 420 g/mol. The Morgan fingerprint density at radius 2 is 2.18 bits per heavy atom. The lowest BCUT2D eigenvalue weighted by molar-refractivity contribution is 0.0847. The zero-order valence-corrected chi connectivity index (χ0v) is 17.1. The number of nitriles is 1. The first-order valence-corrected chi connectivity index (χ1v) is 11.4. The van der Waals surface area contributed by atoms with Gasteiger partial charge in [0.15, 0.2) is 0 Å². The van der Waals surface area contributed by atoms with E-state index in [1.807, 2.05) is 13.0 Å². The second-order valence-corrected chi connectivity index (χ2v) is 9.88. The minimum absolute atomic E-state index is 0.137. The molecule has 1 aromatic heterocycles. The number of nitrogens with one attached hydrogen (secondary N) is 1. The topological polar surface area (TPSA) is 108 Å². The number of piperidine rings is 1. The molecule has 28 heavy (non-hydrogen) atoms. The van der Waals surface area contributed by atoms with Gasteiger partial charge >= 0.3 is 0 Å². The molecule has 2 aliphatic rings. The molecular formula is C18H21N5O3S2. The minimum atomic E-state index is -3.75. The smallest absolute Gasteiger partial charge is 0.263 e. The number of sulfonamides is 1. The fourth-order valence-electron chi connectivity index (χ4n) is 3.73. The first-order valence-electron chi connectivity index (χ1n) is 9.12. The van der Waals surface area contributed by atoms with Crippen molar-refractivity contribution in [3.8, 4) is 11.8 Å². The molecule has 0 radical (unpaired) electrons. The number of hydrogen-bond acceptors (Lipinski definition) is 8. The van der Waals surface area contributed by atoms with E-state index < -0.39 is 10.0 Å². The van der Waals surface area contributed by atoms with Crippen molar-refractivity contribution in [3.05, 3.63) is 30.1 Å². The molecule has 0 spiro atoms. The molecule has 1 N–H and O–H groups in total. The zero-order valence-electron chi connectivity index (χ0n) is 15.5. The quantitative estimate of drug-likeness (QED) is 0.812. The molecule has 4 rings (SSSR count). The fraction of sp³-hybridized carbons (Fsp3) is 0.500. The van der Waals surface area contributed by atoms with Crippen molar-refractivity contribution < 1.29 is 13.2 Å². The monoisotopic (exact) mass is 419 g/mol. The zero-order chi connectivity index (χ0) is 19.8. The summed E-state index contributed by atoms with van der Waals surface area (Å²) in [5.41, 5.74) is 0.750. The van der Waals surface area contributed by atoms with Gasteiger partial charge < -0.3 is 4.74 Å². The van der Waals surface area contributed by atoms with Gasteiger partial charge in [-0.25, -0.2) is 13.4 Å². The van der Waals surface area contributed by atoms with Crippen LogP contribution in [0.4, 0.5) is 5.13 Å². The highest BCUT2D eigenvalue weighted by atomic mass is 32.2. The van der Waals surface area contributed by atoms with Crippen molar-refractivity contribution in [2.45, 2.75) is 37.1 Å². The molecule has 2 aliphatic heterocycles. The van der Waals surface area contributed by atoms with Crippen LogP contribution in [0.25, 0.3) is 0 Å². The van der Waals surface area contributed by atoms with Gasteiger partial charge in [0.1, 0.15) is 12.1 Å². The molecule has 0 unspecified atom stereocenters. The third kappa shape index (κ3) is 3.70. The molecular weight excluding hydrogens is 398 g/mol. The second-order valence-electron chi connectivity index (χ2n) is 7.41. The van der Waals surface area contributed by atoms with Crippen LogP contribution in [-0.2, 0) is 10.0 Å². The number of ether oxygens (including phenoxy) is 1. The van der Waals surface area contributed by atoms with E-state index in [0.29, 0.717) is 12.4 Å².